The first-order chi connectivity index (χ1) is 16.0. The molecule has 34 heavy (non-hydrogen) atoms. The average molecular weight is 522 g/mol. The number of hydrazone groups is 1. The summed E-state index contributed by atoms with van der Waals surface area (Å²) in [5, 5.41) is 4.77. The van der Waals surface area contributed by atoms with Crippen molar-refractivity contribution in [1.29, 1.82) is 0 Å². The molecule has 1 aromatic heterocycles. The van der Waals surface area contributed by atoms with Crippen LogP contribution < -0.4 is 10.1 Å². The summed E-state index contributed by atoms with van der Waals surface area (Å²) in [5.74, 6) is 0.438. The Morgan fingerprint density at radius 1 is 1.06 bits per heavy atom. The van der Waals surface area contributed by atoms with Gasteiger partial charge in [0.05, 0.1) is 21.2 Å². The van der Waals surface area contributed by atoms with Crippen LogP contribution in [0, 0.1) is 12.8 Å². The number of carbonyl (C=O) groups is 1. The molecule has 0 unspecified atom stereocenters. The highest BCUT2D eigenvalue weighted by Crippen LogP contribution is 2.29. The molecule has 0 saturated heterocycles. The molecule has 1 heterocycles. The fraction of sp³-hybridized carbons (Fsp3) is 0.250. The summed E-state index contributed by atoms with van der Waals surface area (Å²) in [5.41, 5.74) is 4.06. The van der Waals surface area contributed by atoms with Crippen molar-refractivity contribution in [1.82, 2.24) is 10.1 Å². The second-order valence-electron chi connectivity index (χ2n) is 8.18. The van der Waals surface area contributed by atoms with E-state index in [9.17, 15) is 13.2 Å². The van der Waals surface area contributed by atoms with E-state index >= 15 is 0 Å². The number of amides is 1. The molecule has 1 atom stereocenters. The number of rotatable bonds is 9. The highest BCUT2D eigenvalue weighted by molar-refractivity contribution is 7.89. The monoisotopic (exact) mass is 521 g/mol. The molecule has 1 amide bonds. The summed E-state index contributed by atoms with van der Waals surface area (Å²) >= 11 is 12.0. The molecule has 10 heteroatoms. The summed E-state index contributed by atoms with van der Waals surface area (Å²) in [6.07, 6.45) is 1.63. The van der Waals surface area contributed by atoms with E-state index in [-0.39, 0.29) is 10.8 Å². The van der Waals surface area contributed by atoms with E-state index in [4.69, 9.17) is 27.6 Å². The molecular formula is C24H25Cl2N3O4S. The molecule has 0 radical (unpaired) electrons. The van der Waals surface area contributed by atoms with Gasteiger partial charge in [-0.15, -0.1) is 0 Å². The maximum Gasteiger partial charge on any atom is 0.258 e. The number of hydrogen-bond acceptors (Lipinski definition) is 5. The Morgan fingerprint density at radius 3 is 2.41 bits per heavy atom. The van der Waals surface area contributed by atoms with E-state index in [0.717, 1.165) is 11.1 Å². The number of halogens is 2. The first kappa shape index (κ1) is 26.0. The molecule has 3 aromatic rings. The van der Waals surface area contributed by atoms with Crippen molar-refractivity contribution in [2.75, 3.05) is 0 Å². The van der Waals surface area contributed by atoms with Crippen molar-refractivity contribution < 1.29 is 17.6 Å². The van der Waals surface area contributed by atoms with E-state index in [2.05, 4.69) is 15.2 Å². The van der Waals surface area contributed by atoms with Crippen LogP contribution in [0.5, 0.6) is 0 Å². The summed E-state index contributed by atoms with van der Waals surface area (Å²) in [6, 6.07) is 13.9. The Kier molecular flexibility index (Phi) is 8.54. The van der Waals surface area contributed by atoms with Crippen molar-refractivity contribution >= 4 is 45.3 Å². The normalized spacial score (nSPS) is 12.9. The maximum absolute atomic E-state index is 12.8. The van der Waals surface area contributed by atoms with Gasteiger partial charge < -0.3 is 4.42 Å². The first-order valence-corrected chi connectivity index (χ1v) is 12.8. The third-order valence-corrected chi connectivity index (χ3v) is 7.08. The fourth-order valence-electron chi connectivity index (χ4n) is 3.12. The van der Waals surface area contributed by atoms with Gasteiger partial charge in [-0.25, -0.2) is 13.8 Å². The molecule has 0 aliphatic heterocycles. The van der Waals surface area contributed by atoms with E-state index in [0.29, 0.717) is 28.0 Å². The zero-order valence-electron chi connectivity index (χ0n) is 18.9. The maximum atomic E-state index is 12.8. The Balaban J connectivity index is 1.68. The van der Waals surface area contributed by atoms with Gasteiger partial charge in [0.1, 0.15) is 17.6 Å². The number of benzene rings is 2. The fourth-order valence-corrected chi connectivity index (χ4v) is 4.62. The molecule has 3 rings (SSSR count). The van der Waals surface area contributed by atoms with Crippen LogP contribution in [0.15, 0.2) is 69.0 Å². The Hall–Kier alpha value is -2.65. The van der Waals surface area contributed by atoms with Gasteiger partial charge >= 0.3 is 0 Å². The minimum Gasteiger partial charge on any atom is -0.455 e. The Labute approximate surface area is 209 Å². The minimum atomic E-state index is -3.88. The highest BCUT2D eigenvalue weighted by atomic mass is 35.5. The van der Waals surface area contributed by atoms with Crippen LogP contribution in [0.2, 0.25) is 10.0 Å². The lowest BCUT2D eigenvalue weighted by Gasteiger charge is -2.19. The molecule has 0 spiro atoms. The van der Waals surface area contributed by atoms with Crippen molar-refractivity contribution in [3.05, 3.63) is 76.0 Å². The van der Waals surface area contributed by atoms with Gasteiger partial charge in [0.2, 0.25) is 10.0 Å². The van der Waals surface area contributed by atoms with E-state index in [1.54, 1.807) is 42.5 Å². The number of hydrogen-bond donors (Lipinski definition) is 2. The van der Waals surface area contributed by atoms with Crippen LogP contribution in [-0.2, 0) is 14.8 Å². The van der Waals surface area contributed by atoms with Gasteiger partial charge in [-0.3, -0.25) is 4.79 Å². The SMILES string of the molecule is Cc1ccc(S(=O)(=O)N[C@H](CC(C)C)C(=O)N/N=C\c2ccc(-c3ccc(Cl)c(Cl)c3)o2)cc1. The van der Waals surface area contributed by atoms with Crippen LogP contribution in [0.3, 0.4) is 0 Å². The van der Waals surface area contributed by atoms with Crippen molar-refractivity contribution in [3.63, 3.8) is 0 Å². The number of sulfonamides is 1. The summed E-state index contributed by atoms with van der Waals surface area (Å²) in [6.45, 7) is 5.66. The van der Waals surface area contributed by atoms with Crippen LogP contribution in [0.1, 0.15) is 31.6 Å². The molecule has 7 nitrogen and oxygen atoms in total. The molecule has 2 N–H and O–H groups in total. The van der Waals surface area contributed by atoms with E-state index in [1.807, 2.05) is 20.8 Å². The van der Waals surface area contributed by atoms with Crippen LogP contribution in [-0.4, -0.2) is 26.6 Å². The summed E-state index contributed by atoms with van der Waals surface area (Å²) in [7, 11) is -3.88. The van der Waals surface area contributed by atoms with Crippen molar-refractivity contribution in [2.45, 2.75) is 38.1 Å². The summed E-state index contributed by atoms with van der Waals surface area (Å²) in [4.78, 5) is 12.8. The van der Waals surface area contributed by atoms with Gasteiger partial charge in [-0.2, -0.15) is 9.82 Å². The highest BCUT2D eigenvalue weighted by Gasteiger charge is 2.26. The van der Waals surface area contributed by atoms with E-state index in [1.165, 1.54) is 18.3 Å². The third kappa shape index (κ3) is 6.93. The Morgan fingerprint density at radius 2 is 1.76 bits per heavy atom. The van der Waals surface area contributed by atoms with Crippen LogP contribution >= 0.6 is 23.2 Å². The average Bonchev–Trinajstić information content (AvgIpc) is 3.24. The first-order valence-electron chi connectivity index (χ1n) is 10.5. The molecule has 180 valence electrons. The standard InChI is InChI=1S/C24H25Cl2N3O4S/c1-15(2)12-22(29-34(31,32)19-8-4-16(3)5-9-19)24(30)28-27-14-18-7-11-23(33-18)17-6-10-20(25)21(26)13-17/h4-11,13-15,22,29H,12H2,1-3H3,(H,28,30)/b27-14-/t22-/m1/s1. The number of nitrogens with zero attached hydrogens (tertiary/aromatic N) is 1. The predicted octanol–water partition coefficient (Wildman–Crippen LogP) is 5.41. The largest absolute Gasteiger partial charge is 0.455 e. The molecule has 0 saturated carbocycles. The Bertz CT molecular complexity index is 1290. The molecule has 0 aliphatic carbocycles. The number of aryl methyl sites for hydroxylation is 1. The number of furan rings is 1. The smallest absolute Gasteiger partial charge is 0.258 e. The van der Waals surface area contributed by atoms with Crippen molar-refractivity contribution in [2.24, 2.45) is 11.0 Å². The zero-order valence-corrected chi connectivity index (χ0v) is 21.2. The molecular weight excluding hydrogens is 497 g/mol. The second-order valence-corrected chi connectivity index (χ2v) is 10.7. The molecule has 0 aliphatic rings. The zero-order chi connectivity index (χ0) is 24.9. The number of nitrogens with one attached hydrogen (secondary N) is 2. The molecule has 0 bridgehead atoms. The predicted molar refractivity (Wildman–Crippen MR) is 135 cm³/mol. The molecule has 0 fully saturated rings. The van der Waals surface area contributed by atoms with Gasteiger partial charge in [0.25, 0.3) is 5.91 Å². The quantitative estimate of drug-likeness (QED) is 0.290. The van der Waals surface area contributed by atoms with Gasteiger partial charge in [-0.05, 0) is 61.7 Å². The topological polar surface area (TPSA) is 101 Å². The lowest BCUT2D eigenvalue weighted by molar-refractivity contribution is -0.123. The van der Waals surface area contributed by atoms with Crippen LogP contribution in [0.4, 0.5) is 0 Å². The van der Waals surface area contributed by atoms with E-state index < -0.39 is 22.0 Å². The molecule has 2 aromatic carbocycles. The minimum absolute atomic E-state index is 0.0688. The second kappa shape index (κ2) is 11.2. The third-order valence-electron chi connectivity index (χ3n) is 4.85. The van der Waals surface area contributed by atoms with Gasteiger partial charge in [0, 0.05) is 5.56 Å². The lowest BCUT2D eigenvalue weighted by Crippen LogP contribution is -2.46. The van der Waals surface area contributed by atoms with Crippen LogP contribution in [0.25, 0.3) is 11.3 Å². The van der Waals surface area contributed by atoms with Gasteiger partial charge in [-0.1, -0.05) is 54.7 Å². The van der Waals surface area contributed by atoms with Crippen molar-refractivity contribution in [3.8, 4) is 11.3 Å². The van der Waals surface area contributed by atoms with Gasteiger partial charge in [0.15, 0.2) is 0 Å². The lowest BCUT2D eigenvalue weighted by atomic mass is 10.0. The number of carbonyl (C=O) groups excluding carboxylic acids is 1. The summed E-state index contributed by atoms with van der Waals surface area (Å²) < 4.78 is 33.7.